The molecule has 0 amide bonds. The van der Waals surface area contributed by atoms with Crippen LogP contribution in [-0.2, 0) is 0 Å². The van der Waals surface area contributed by atoms with Crippen LogP contribution in [0, 0.1) is 46.3 Å². The van der Waals surface area contributed by atoms with Gasteiger partial charge in [-0.1, -0.05) is 19.8 Å². The molecule has 0 aromatic heterocycles. The summed E-state index contributed by atoms with van der Waals surface area (Å²) < 4.78 is 14.0. The second-order valence-electron chi connectivity index (χ2n) is 9.76. The van der Waals surface area contributed by atoms with Gasteiger partial charge >= 0.3 is 0 Å². The number of alkyl halides is 1. The average molecular weight is 333 g/mol. The lowest BCUT2D eigenvalue weighted by Gasteiger charge is -2.61. The van der Waals surface area contributed by atoms with Gasteiger partial charge < -0.3 is 5.11 Å². The zero-order chi connectivity index (χ0) is 17.2. The molecule has 4 aliphatic rings. The average Bonchev–Trinajstić information content (AvgIpc) is 2.80. The number of halogens is 1. The first-order valence-corrected chi connectivity index (χ1v) is 10.1. The predicted molar refractivity (Wildman–Crippen MR) is 95.0 cm³/mol. The monoisotopic (exact) mass is 332 g/mol. The molecule has 0 saturated heterocycles. The number of aliphatic hydroxyl groups is 1. The van der Waals surface area contributed by atoms with Crippen LogP contribution in [0.3, 0.4) is 0 Å². The summed E-state index contributed by atoms with van der Waals surface area (Å²) >= 11 is 0. The molecule has 1 nitrogen and oxygen atoms in total. The summed E-state index contributed by atoms with van der Waals surface area (Å²) in [7, 11) is 0. The first-order chi connectivity index (χ1) is 11.3. The molecule has 134 valence electrons. The van der Waals surface area contributed by atoms with Crippen LogP contribution in [0.2, 0.25) is 0 Å². The Morgan fingerprint density at radius 1 is 0.958 bits per heavy atom. The van der Waals surface area contributed by atoms with Gasteiger partial charge in [-0.2, -0.15) is 0 Å². The van der Waals surface area contributed by atoms with Crippen LogP contribution in [0.1, 0.15) is 78.6 Å². The normalized spacial score (nSPS) is 56.5. The van der Waals surface area contributed by atoms with Crippen LogP contribution in [0.4, 0.5) is 4.39 Å². The Hall–Kier alpha value is -0.550. The van der Waals surface area contributed by atoms with Crippen LogP contribution >= 0.6 is 0 Å². The van der Waals surface area contributed by atoms with Crippen molar-refractivity contribution in [1.29, 1.82) is 0 Å². The smallest absolute Gasteiger partial charge is 0.131 e. The first kappa shape index (κ1) is 16.9. The highest BCUT2D eigenvalue weighted by molar-refractivity contribution is 5.25. The second-order valence-corrected chi connectivity index (χ2v) is 9.76. The van der Waals surface area contributed by atoms with E-state index in [4.69, 9.17) is 0 Å². The zero-order valence-electron chi connectivity index (χ0n) is 15.6. The fourth-order valence-electron chi connectivity index (χ4n) is 7.63. The molecule has 3 unspecified atom stereocenters. The van der Waals surface area contributed by atoms with E-state index < -0.39 is 11.8 Å². The summed E-state index contributed by atoms with van der Waals surface area (Å²) in [5.41, 5.74) is -0.493. The predicted octanol–water partition coefficient (Wildman–Crippen LogP) is 5.12. The molecule has 0 radical (unpaired) electrons. The van der Waals surface area contributed by atoms with Crippen molar-refractivity contribution in [2.45, 2.75) is 90.3 Å². The molecule has 0 spiro atoms. The maximum atomic E-state index is 14.0. The molecule has 0 bridgehead atoms. The molecule has 0 aromatic carbocycles. The lowest BCUT2D eigenvalue weighted by atomic mass is 9.44. The summed E-state index contributed by atoms with van der Waals surface area (Å²) in [5.74, 6) is 8.82. The van der Waals surface area contributed by atoms with Gasteiger partial charge in [0.05, 0.1) is 0 Å². The summed E-state index contributed by atoms with van der Waals surface area (Å²) in [5, 5.41) is 11.2. The minimum absolute atomic E-state index is 0.0440. The first-order valence-electron chi connectivity index (χ1n) is 10.1. The van der Waals surface area contributed by atoms with Crippen molar-refractivity contribution in [3.05, 3.63) is 0 Å². The summed E-state index contributed by atoms with van der Waals surface area (Å²) in [6, 6.07) is 0. The minimum atomic E-state index is -0.786. The Labute approximate surface area is 146 Å². The van der Waals surface area contributed by atoms with E-state index in [1.165, 1.54) is 19.3 Å². The van der Waals surface area contributed by atoms with E-state index in [-0.39, 0.29) is 5.41 Å². The van der Waals surface area contributed by atoms with Crippen LogP contribution in [0.15, 0.2) is 0 Å². The molecule has 2 heteroatoms. The molecule has 4 rings (SSSR count). The number of rotatable bonds is 0. The number of hydrogen-bond donors (Lipinski definition) is 1. The third-order valence-corrected chi connectivity index (χ3v) is 9.09. The fourth-order valence-corrected chi connectivity index (χ4v) is 7.63. The van der Waals surface area contributed by atoms with Gasteiger partial charge in [-0.25, -0.2) is 4.39 Å². The molecule has 4 aliphatic carbocycles. The van der Waals surface area contributed by atoms with Gasteiger partial charge in [-0.15, -0.1) is 5.92 Å². The van der Waals surface area contributed by atoms with Crippen LogP contribution in [0.25, 0.3) is 0 Å². The molecule has 0 aromatic rings. The highest BCUT2D eigenvalue weighted by Gasteiger charge is 2.64. The van der Waals surface area contributed by atoms with E-state index in [9.17, 15) is 9.50 Å². The van der Waals surface area contributed by atoms with Gasteiger partial charge in [-0.05, 0) is 93.8 Å². The molecule has 1 N–H and O–H groups in total. The maximum Gasteiger partial charge on any atom is 0.131 e. The fraction of sp³-hybridized carbons (Fsp3) is 0.909. The Balaban J connectivity index is 1.64. The van der Waals surface area contributed by atoms with Crippen molar-refractivity contribution in [2.75, 3.05) is 0 Å². The largest absolute Gasteiger partial charge is 0.377 e. The van der Waals surface area contributed by atoms with E-state index in [1.807, 2.05) is 6.92 Å². The maximum absolute atomic E-state index is 14.0. The van der Waals surface area contributed by atoms with E-state index in [1.54, 1.807) is 0 Å². The molecule has 0 heterocycles. The van der Waals surface area contributed by atoms with E-state index in [0.29, 0.717) is 23.2 Å². The molecular weight excluding hydrogens is 299 g/mol. The standard InChI is InChI=1S/C22H33FO/c1-4-10-22(24)13-9-19-17-6-5-15-14-16(23)7-11-20(15,2)18(17)8-12-21(19,22)3/h15-19,24H,5-9,11-14H2,1-3H3/t15-,16-,17?,18?,19?,20-,21-,22-/m0/s1. The van der Waals surface area contributed by atoms with Crippen molar-refractivity contribution in [3.8, 4) is 11.8 Å². The number of fused-ring (bicyclic) bond motifs is 5. The van der Waals surface area contributed by atoms with Crippen molar-refractivity contribution >= 4 is 0 Å². The zero-order valence-corrected chi connectivity index (χ0v) is 15.6. The third-order valence-electron chi connectivity index (χ3n) is 9.09. The third kappa shape index (κ3) is 2.09. The second kappa shape index (κ2) is 5.47. The Kier molecular flexibility index (Phi) is 3.85. The molecule has 8 atom stereocenters. The van der Waals surface area contributed by atoms with Gasteiger partial charge in [-0.3, -0.25) is 0 Å². The van der Waals surface area contributed by atoms with Crippen LogP contribution < -0.4 is 0 Å². The quantitative estimate of drug-likeness (QED) is 0.610. The Morgan fingerprint density at radius 2 is 1.71 bits per heavy atom. The van der Waals surface area contributed by atoms with Gasteiger partial charge in [0.25, 0.3) is 0 Å². The topological polar surface area (TPSA) is 20.2 Å². The lowest BCUT2D eigenvalue weighted by molar-refractivity contribution is -0.140. The van der Waals surface area contributed by atoms with Crippen LogP contribution in [0.5, 0.6) is 0 Å². The molecule has 4 saturated carbocycles. The number of hydrogen-bond acceptors (Lipinski definition) is 1. The summed E-state index contributed by atoms with van der Waals surface area (Å²) in [6.07, 6.45) is 8.76. The molecule has 0 aliphatic heterocycles. The van der Waals surface area contributed by atoms with Crippen molar-refractivity contribution in [2.24, 2.45) is 34.5 Å². The Bertz CT molecular complexity index is 576. The molecule has 24 heavy (non-hydrogen) atoms. The van der Waals surface area contributed by atoms with E-state index >= 15 is 0 Å². The van der Waals surface area contributed by atoms with Gasteiger partial charge in [0.1, 0.15) is 11.8 Å². The van der Waals surface area contributed by atoms with Crippen molar-refractivity contribution in [1.82, 2.24) is 0 Å². The molecule has 4 fully saturated rings. The lowest BCUT2D eigenvalue weighted by Crippen LogP contribution is -2.56. The van der Waals surface area contributed by atoms with E-state index in [2.05, 4.69) is 25.7 Å². The van der Waals surface area contributed by atoms with Crippen molar-refractivity contribution in [3.63, 3.8) is 0 Å². The summed E-state index contributed by atoms with van der Waals surface area (Å²) in [4.78, 5) is 0. The van der Waals surface area contributed by atoms with Crippen molar-refractivity contribution < 1.29 is 9.50 Å². The van der Waals surface area contributed by atoms with Gasteiger partial charge in [0, 0.05) is 5.41 Å². The highest BCUT2D eigenvalue weighted by atomic mass is 19.1. The molecular formula is C22H33FO. The SMILES string of the molecule is CC#C[C@]1(O)CCC2C3CC[C@H]4C[C@@H](F)CC[C@]4(C)C3CC[C@@]21C. The highest BCUT2D eigenvalue weighted by Crippen LogP contribution is 2.68. The summed E-state index contributed by atoms with van der Waals surface area (Å²) in [6.45, 7) is 6.62. The van der Waals surface area contributed by atoms with Gasteiger partial charge in [0.15, 0.2) is 0 Å². The van der Waals surface area contributed by atoms with Gasteiger partial charge in [0.2, 0.25) is 0 Å². The van der Waals surface area contributed by atoms with Crippen LogP contribution in [-0.4, -0.2) is 16.9 Å². The van der Waals surface area contributed by atoms with E-state index in [0.717, 1.165) is 44.4 Å². The Morgan fingerprint density at radius 3 is 2.46 bits per heavy atom. The minimum Gasteiger partial charge on any atom is -0.377 e.